The largest absolute Gasteiger partial charge is 0.416 e. The van der Waals surface area contributed by atoms with Gasteiger partial charge in [-0.2, -0.15) is 52.7 Å². The maximum absolute atomic E-state index is 13.4. The molecule has 5 rings (SSSR count). The van der Waals surface area contributed by atoms with Gasteiger partial charge in [-0.1, -0.05) is 86.8 Å². The average Bonchev–Trinajstić information content (AvgIpc) is 3.10. The highest BCUT2D eigenvalue weighted by molar-refractivity contribution is 7.76. The zero-order valence-corrected chi connectivity index (χ0v) is 30.0. The molecule has 0 aliphatic rings. The molecule has 0 aromatic heterocycles. The van der Waals surface area contributed by atoms with Crippen molar-refractivity contribution in [2.24, 2.45) is 0 Å². The molecule has 0 unspecified atom stereocenters. The summed E-state index contributed by atoms with van der Waals surface area (Å²) in [7, 11) is -3.95. The highest BCUT2D eigenvalue weighted by Crippen LogP contribution is 2.46. The van der Waals surface area contributed by atoms with Crippen molar-refractivity contribution < 1.29 is 52.7 Å². The van der Waals surface area contributed by atoms with Gasteiger partial charge in [0.1, 0.15) is 0 Å². The normalized spacial score (nSPS) is 13.0. The van der Waals surface area contributed by atoms with Crippen molar-refractivity contribution in [2.45, 2.75) is 24.7 Å². The number of alkyl halides is 12. The SMILES string of the molecule is FC(F)(F)c1ccc(P(CCP(CCP(c2ccc(C(F)(F)F)cc2)c2ccc(C(F)(F)F)cc2)c2ccccc2)c2ccc(C(F)(F)F)cc2)cc1. The second-order valence-corrected chi connectivity index (χ2v) is 19.0. The van der Waals surface area contributed by atoms with E-state index in [1.165, 1.54) is 48.5 Å². The smallest absolute Gasteiger partial charge is 0.166 e. The fourth-order valence-corrected chi connectivity index (χ4v) is 14.1. The summed E-state index contributed by atoms with van der Waals surface area (Å²) in [4.78, 5) is 0. The van der Waals surface area contributed by atoms with Crippen molar-refractivity contribution in [3.63, 3.8) is 0 Å². The molecule has 0 saturated heterocycles. The Hall–Kier alpha value is -3.45. The van der Waals surface area contributed by atoms with E-state index in [1.807, 2.05) is 30.3 Å². The molecule has 0 atom stereocenters. The molecule has 0 nitrogen and oxygen atoms in total. The number of rotatable bonds is 11. The summed E-state index contributed by atoms with van der Waals surface area (Å²) in [6.07, 6.45) is -16.6. The van der Waals surface area contributed by atoms with Crippen LogP contribution in [0, 0.1) is 0 Å². The van der Waals surface area contributed by atoms with Crippen LogP contribution in [-0.4, -0.2) is 24.6 Å². The van der Waals surface area contributed by atoms with E-state index in [0.29, 0.717) is 45.9 Å². The summed E-state index contributed by atoms with van der Waals surface area (Å²) >= 11 is 0. The Kier molecular flexibility index (Phi) is 12.7. The number of hydrogen-bond acceptors (Lipinski definition) is 0. The van der Waals surface area contributed by atoms with E-state index in [9.17, 15) is 52.7 Å². The van der Waals surface area contributed by atoms with Gasteiger partial charge >= 0.3 is 24.7 Å². The van der Waals surface area contributed by atoms with Crippen molar-refractivity contribution in [1.29, 1.82) is 0 Å². The Morgan fingerprint density at radius 2 is 0.528 bits per heavy atom. The molecule has 0 bridgehead atoms. The Labute approximate surface area is 301 Å². The predicted octanol–water partition coefficient (Wildman–Crippen LogP) is 11.1. The summed E-state index contributed by atoms with van der Waals surface area (Å²) < 4.78 is 161. The van der Waals surface area contributed by atoms with Crippen molar-refractivity contribution in [2.75, 3.05) is 24.6 Å². The van der Waals surface area contributed by atoms with Crippen molar-refractivity contribution in [3.8, 4) is 0 Å². The monoisotopic (exact) mass is 806 g/mol. The first-order chi connectivity index (χ1) is 24.8. The minimum atomic E-state index is -4.59. The molecular weight excluding hydrogens is 777 g/mol. The topological polar surface area (TPSA) is 0 Å². The fourth-order valence-electron chi connectivity index (χ4n) is 5.59. The Morgan fingerprint density at radius 3 is 0.755 bits per heavy atom. The lowest BCUT2D eigenvalue weighted by Gasteiger charge is -2.26. The van der Waals surface area contributed by atoms with Crippen LogP contribution in [-0.2, 0) is 24.7 Å². The van der Waals surface area contributed by atoms with Crippen LogP contribution in [0.3, 0.4) is 0 Å². The van der Waals surface area contributed by atoms with Gasteiger partial charge in [0, 0.05) is 0 Å². The van der Waals surface area contributed by atoms with Crippen molar-refractivity contribution >= 4 is 50.3 Å². The number of halogens is 12. The summed E-state index contributed by atoms with van der Waals surface area (Å²) in [6, 6.07) is 27.5. The summed E-state index contributed by atoms with van der Waals surface area (Å²) in [5.41, 5.74) is -3.46. The standard InChI is InChI=1S/C38H29F12P3/c39-35(40,41)26-6-14-31(15-7-26)52(32-16-8-27(9-17-32)36(42,43)44)24-22-51(30-4-2-1-3-5-30)23-25-53(33-18-10-28(11-19-33)37(45,46)47)34-20-12-29(13-21-34)38(48,49)50/h1-21H,22-25H2. The molecule has 280 valence electrons. The van der Waals surface area contributed by atoms with Gasteiger partial charge in [-0.05, 0) is 116 Å². The third-order valence-corrected chi connectivity index (χ3v) is 16.6. The summed E-state index contributed by atoms with van der Waals surface area (Å²) in [5, 5.41) is 3.09. The maximum Gasteiger partial charge on any atom is 0.416 e. The van der Waals surface area contributed by atoms with Gasteiger partial charge in [-0.15, -0.1) is 0 Å². The number of benzene rings is 5. The molecule has 53 heavy (non-hydrogen) atoms. The van der Waals surface area contributed by atoms with Gasteiger partial charge < -0.3 is 0 Å². The second-order valence-electron chi connectivity index (χ2n) is 11.8. The molecule has 0 aliphatic carbocycles. The Balaban J connectivity index is 1.47. The third kappa shape index (κ3) is 10.8. The van der Waals surface area contributed by atoms with Crippen LogP contribution in [0.15, 0.2) is 127 Å². The lowest BCUT2D eigenvalue weighted by Crippen LogP contribution is -2.21. The molecule has 5 aromatic rings. The van der Waals surface area contributed by atoms with Crippen LogP contribution in [0.1, 0.15) is 22.3 Å². The van der Waals surface area contributed by atoms with E-state index in [4.69, 9.17) is 0 Å². The molecule has 0 N–H and O–H groups in total. The van der Waals surface area contributed by atoms with E-state index in [0.717, 1.165) is 53.8 Å². The summed E-state index contributed by atoms with van der Waals surface area (Å²) in [5.74, 6) is 0. The zero-order valence-electron chi connectivity index (χ0n) is 27.3. The molecule has 0 radical (unpaired) electrons. The van der Waals surface area contributed by atoms with Gasteiger partial charge in [0.05, 0.1) is 22.3 Å². The van der Waals surface area contributed by atoms with Crippen LogP contribution in [0.25, 0.3) is 0 Å². The lowest BCUT2D eigenvalue weighted by molar-refractivity contribution is -0.138. The quantitative estimate of drug-likeness (QED) is 0.0921. The molecule has 0 saturated carbocycles. The van der Waals surface area contributed by atoms with Crippen LogP contribution in [0.2, 0.25) is 0 Å². The first-order valence-electron chi connectivity index (χ1n) is 15.8. The molecule has 0 amide bonds. The molecule has 15 heteroatoms. The highest BCUT2D eigenvalue weighted by Gasteiger charge is 2.34. The fraction of sp³-hybridized carbons (Fsp3) is 0.211. The van der Waals surface area contributed by atoms with Crippen LogP contribution in [0.4, 0.5) is 52.7 Å². The molecule has 0 aliphatic heterocycles. The van der Waals surface area contributed by atoms with Gasteiger partial charge in [0.25, 0.3) is 0 Å². The van der Waals surface area contributed by atoms with Gasteiger partial charge in [0.15, 0.2) is 0 Å². The van der Waals surface area contributed by atoms with Gasteiger partial charge in [-0.25, -0.2) is 0 Å². The molecule has 5 aromatic carbocycles. The molecular formula is C38H29F12P3. The van der Waals surface area contributed by atoms with E-state index >= 15 is 0 Å². The minimum absolute atomic E-state index is 0.394. The lowest BCUT2D eigenvalue weighted by atomic mass is 10.2. The zero-order chi connectivity index (χ0) is 38.6. The van der Waals surface area contributed by atoms with Crippen molar-refractivity contribution in [1.82, 2.24) is 0 Å². The van der Waals surface area contributed by atoms with E-state index in [2.05, 4.69) is 0 Å². The van der Waals surface area contributed by atoms with Gasteiger partial charge in [-0.3, -0.25) is 0 Å². The summed E-state index contributed by atoms with van der Waals surface area (Å²) in [6.45, 7) is 0. The van der Waals surface area contributed by atoms with Crippen LogP contribution in [0.5, 0.6) is 0 Å². The molecule has 0 spiro atoms. The molecule has 0 fully saturated rings. The van der Waals surface area contributed by atoms with E-state index in [1.54, 1.807) is 0 Å². The third-order valence-electron chi connectivity index (χ3n) is 8.33. The van der Waals surface area contributed by atoms with E-state index in [-0.39, 0.29) is 0 Å². The van der Waals surface area contributed by atoms with Crippen LogP contribution >= 0.6 is 23.8 Å². The molecule has 0 heterocycles. The Bertz CT molecular complexity index is 1660. The highest BCUT2D eigenvalue weighted by atomic mass is 31.1. The average molecular weight is 807 g/mol. The maximum atomic E-state index is 13.4. The predicted molar refractivity (Wildman–Crippen MR) is 191 cm³/mol. The van der Waals surface area contributed by atoms with Crippen LogP contribution < -0.4 is 26.5 Å². The first kappa shape index (κ1) is 40.7. The second kappa shape index (κ2) is 16.5. The minimum Gasteiger partial charge on any atom is -0.166 e. The number of hydrogen-bond donors (Lipinski definition) is 0. The Morgan fingerprint density at radius 1 is 0.283 bits per heavy atom. The van der Waals surface area contributed by atoms with Gasteiger partial charge in [0.2, 0.25) is 0 Å². The van der Waals surface area contributed by atoms with Crippen molar-refractivity contribution in [3.05, 3.63) is 150 Å². The first-order valence-corrected chi connectivity index (χ1v) is 20.6. The van der Waals surface area contributed by atoms with E-state index < -0.39 is 70.7 Å².